The summed E-state index contributed by atoms with van der Waals surface area (Å²) in [5.41, 5.74) is 2.24. The number of carbonyl (C=O) groups is 2. The Bertz CT molecular complexity index is 728. The maximum atomic E-state index is 12.8. The lowest BCUT2D eigenvalue weighted by atomic mass is 10.0. The van der Waals surface area contributed by atoms with E-state index in [0.717, 1.165) is 25.1 Å². The molecule has 28 heavy (non-hydrogen) atoms. The van der Waals surface area contributed by atoms with Crippen LogP contribution in [0.25, 0.3) is 0 Å². The van der Waals surface area contributed by atoms with Crippen molar-refractivity contribution in [3.05, 3.63) is 29.8 Å². The monoisotopic (exact) mass is 387 g/mol. The van der Waals surface area contributed by atoms with Crippen LogP contribution >= 0.6 is 0 Å². The summed E-state index contributed by atoms with van der Waals surface area (Å²) in [7, 11) is 1.71. The van der Waals surface area contributed by atoms with Crippen LogP contribution in [0, 0.1) is 0 Å². The van der Waals surface area contributed by atoms with Crippen molar-refractivity contribution < 1.29 is 14.3 Å². The second-order valence-electron chi connectivity index (χ2n) is 6.85. The van der Waals surface area contributed by atoms with E-state index in [0.29, 0.717) is 38.7 Å². The van der Waals surface area contributed by atoms with E-state index in [1.165, 1.54) is 5.56 Å². The van der Waals surface area contributed by atoms with Crippen molar-refractivity contribution in [2.75, 3.05) is 57.8 Å². The third-order valence-electron chi connectivity index (χ3n) is 5.13. The van der Waals surface area contributed by atoms with E-state index in [1.54, 1.807) is 18.9 Å². The lowest BCUT2D eigenvalue weighted by Crippen LogP contribution is -2.55. The molecule has 2 heterocycles. The predicted molar refractivity (Wildman–Crippen MR) is 109 cm³/mol. The van der Waals surface area contributed by atoms with Crippen LogP contribution in [-0.2, 0) is 16.0 Å². The summed E-state index contributed by atoms with van der Waals surface area (Å²) in [4.78, 5) is 34.5. The van der Waals surface area contributed by atoms with Crippen LogP contribution < -0.4 is 10.2 Å². The molecule has 0 radical (unpaired) electrons. The lowest BCUT2D eigenvalue weighted by Gasteiger charge is -2.36. The number of hydrogen-bond donors (Lipinski definition) is 1. The molecule has 3 rings (SSSR count). The number of fused-ring (bicyclic) bond motifs is 1. The van der Waals surface area contributed by atoms with Crippen LogP contribution in [0.5, 0.6) is 0 Å². The van der Waals surface area contributed by atoms with E-state index in [1.807, 2.05) is 23.1 Å². The minimum Gasteiger partial charge on any atom is -0.450 e. The van der Waals surface area contributed by atoms with Crippen molar-refractivity contribution in [1.29, 1.82) is 0 Å². The first-order valence-corrected chi connectivity index (χ1v) is 9.89. The Morgan fingerprint density at radius 2 is 1.82 bits per heavy atom. The third kappa shape index (κ3) is 4.55. The number of rotatable bonds is 3. The first kappa shape index (κ1) is 20.0. The van der Waals surface area contributed by atoms with Gasteiger partial charge in [-0.25, -0.2) is 4.79 Å². The molecule has 1 aromatic carbocycles. The predicted octanol–water partition coefficient (Wildman–Crippen LogP) is 1.32. The first-order chi connectivity index (χ1) is 13.6. The van der Waals surface area contributed by atoms with Crippen LogP contribution in [0.15, 0.2) is 29.3 Å². The number of hydrogen-bond acceptors (Lipinski definition) is 4. The summed E-state index contributed by atoms with van der Waals surface area (Å²) in [5, 5.41) is 3.19. The second-order valence-corrected chi connectivity index (χ2v) is 6.85. The number of guanidine groups is 1. The number of aryl methyl sites for hydroxylation is 1. The van der Waals surface area contributed by atoms with Crippen molar-refractivity contribution >= 4 is 23.6 Å². The number of aliphatic imine (C=N–C) groups is 1. The molecule has 1 aromatic rings. The van der Waals surface area contributed by atoms with Gasteiger partial charge in [-0.1, -0.05) is 18.2 Å². The van der Waals surface area contributed by atoms with Crippen LogP contribution in [0.2, 0.25) is 0 Å². The van der Waals surface area contributed by atoms with Crippen LogP contribution in [0.3, 0.4) is 0 Å². The SMILES string of the molecule is CCOC(=O)N1CCN(C(=NC)NCC(=O)N2CCCc3ccccc32)CC1. The van der Waals surface area contributed by atoms with Gasteiger partial charge in [0.15, 0.2) is 5.96 Å². The molecule has 1 fully saturated rings. The Kier molecular flexibility index (Phi) is 6.73. The standard InChI is InChI=1S/C20H29N5O3/c1-3-28-20(27)24-13-11-23(12-14-24)19(21-2)22-15-18(26)25-10-6-8-16-7-4-5-9-17(16)25/h4-5,7,9H,3,6,8,10-15H2,1-2H3,(H,21,22). The Balaban J connectivity index is 1.53. The molecular formula is C20H29N5O3. The third-order valence-corrected chi connectivity index (χ3v) is 5.13. The molecule has 0 bridgehead atoms. The number of carbonyl (C=O) groups excluding carboxylic acids is 2. The summed E-state index contributed by atoms with van der Waals surface area (Å²) < 4.78 is 5.05. The van der Waals surface area contributed by atoms with Gasteiger partial charge >= 0.3 is 6.09 Å². The van der Waals surface area contributed by atoms with Crippen LogP contribution in [-0.4, -0.2) is 80.7 Å². The number of piperazine rings is 1. The van der Waals surface area contributed by atoms with Gasteiger partial charge in [-0.2, -0.15) is 0 Å². The summed E-state index contributed by atoms with van der Waals surface area (Å²) in [6, 6.07) is 8.09. The maximum Gasteiger partial charge on any atom is 0.409 e. The first-order valence-electron chi connectivity index (χ1n) is 9.89. The number of nitrogens with one attached hydrogen (secondary N) is 1. The van der Waals surface area contributed by atoms with Crippen LogP contribution in [0.4, 0.5) is 10.5 Å². The number of amides is 2. The van der Waals surface area contributed by atoms with Gasteiger partial charge in [0.2, 0.25) is 5.91 Å². The zero-order valence-corrected chi connectivity index (χ0v) is 16.7. The van der Waals surface area contributed by atoms with Gasteiger partial charge in [-0.05, 0) is 31.4 Å². The maximum absolute atomic E-state index is 12.8. The average molecular weight is 387 g/mol. The zero-order chi connectivity index (χ0) is 19.9. The van der Waals surface area contributed by atoms with E-state index in [4.69, 9.17) is 4.74 Å². The van der Waals surface area contributed by atoms with Crippen molar-refractivity contribution in [3.8, 4) is 0 Å². The number of para-hydroxylation sites is 1. The molecule has 0 saturated carbocycles. The second kappa shape index (κ2) is 9.43. The molecule has 8 nitrogen and oxygen atoms in total. The fourth-order valence-corrected chi connectivity index (χ4v) is 3.69. The highest BCUT2D eigenvalue weighted by Gasteiger charge is 2.25. The lowest BCUT2D eigenvalue weighted by molar-refractivity contribution is -0.117. The molecule has 1 saturated heterocycles. The summed E-state index contributed by atoms with van der Waals surface area (Å²) in [6.07, 6.45) is 1.72. The smallest absolute Gasteiger partial charge is 0.409 e. The molecule has 152 valence electrons. The van der Waals surface area contributed by atoms with Gasteiger partial charge < -0.3 is 24.8 Å². The van der Waals surface area contributed by atoms with Gasteiger partial charge in [0.05, 0.1) is 13.2 Å². The highest BCUT2D eigenvalue weighted by atomic mass is 16.6. The largest absolute Gasteiger partial charge is 0.450 e. The zero-order valence-electron chi connectivity index (χ0n) is 16.7. The molecule has 0 spiro atoms. The molecule has 1 N–H and O–H groups in total. The number of ether oxygens (including phenoxy) is 1. The van der Waals surface area contributed by atoms with Gasteiger partial charge in [0.25, 0.3) is 0 Å². The highest BCUT2D eigenvalue weighted by molar-refractivity contribution is 5.98. The summed E-state index contributed by atoms with van der Waals surface area (Å²) >= 11 is 0. The van der Waals surface area contributed by atoms with Gasteiger partial charge in [-0.15, -0.1) is 0 Å². The minimum absolute atomic E-state index is 0.0402. The van der Waals surface area contributed by atoms with Crippen molar-refractivity contribution in [2.24, 2.45) is 4.99 Å². The molecule has 0 aliphatic carbocycles. The Morgan fingerprint density at radius 3 is 2.54 bits per heavy atom. The molecule has 2 amide bonds. The van der Waals surface area contributed by atoms with E-state index in [2.05, 4.69) is 21.3 Å². The van der Waals surface area contributed by atoms with Crippen LogP contribution in [0.1, 0.15) is 18.9 Å². The minimum atomic E-state index is -0.274. The Labute approximate surface area is 166 Å². The van der Waals surface area contributed by atoms with E-state index in [9.17, 15) is 9.59 Å². The fraction of sp³-hybridized carbons (Fsp3) is 0.550. The number of anilines is 1. The van der Waals surface area contributed by atoms with Gasteiger partial charge in [0, 0.05) is 45.5 Å². The van der Waals surface area contributed by atoms with E-state index >= 15 is 0 Å². The number of nitrogens with zero attached hydrogens (tertiary/aromatic N) is 4. The highest BCUT2D eigenvalue weighted by Crippen LogP contribution is 2.26. The van der Waals surface area contributed by atoms with Gasteiger partial charge in [-0.3, -0.25) is 9.79 Å². The summed E-state index contributed by atoms with van der Waals surface area (Å²) in [5.74, 6) is 0.723. The molecule has 0 unspecified atom stereocenters. The van der Waals surface area contributed by atoms with Crippen molar-refractivity contribution in [1.82, 2.24) is 15.1 Å². The Hall–Kier alpha value is -2.77. The molecule has 0 atom stereocenters. The Morgan fingerprint density at radius 1 is 1.11 bits per heavy atom. The van der Waals surface area contributed by atoms with Crippen molar-refractivity contribution in [2.45, 2.75) is 19.8 Å². The molecule has 2 aliphatic heterocycles. The van der Waals surface area contributed by atoms with Crippen molar-refractivity contribution in [3.63, 3.8) is 0 Å². The fourth-order valence-electron chi connectivity index (χ4n) is 3.69. The molecule has 8 heteroatoms. The number of benzene rings is 1. The van der Waals surface area contributed by atoms with Gasteiger partial charge in [0.1, 0.15) is 0 Å². The van der Waals surface area contributed by atoms with E-state index in [-0.39, 0.29) is 18.5 Å². The van der Waals surface area contributed by atoms with E-state index < -0.39 is 0 Å². The molecular weight excluding hydrogens is 358 g/mol. The molecule has 0 aromatic heterocycles. The average Bonchev–Trinajstić information content (AvgIpc) is 2.74. The topological polar surface area (TPSA) is 77.5 Å². The molecule has 2 aliphatic rings. The normalized spacial score (nSPS) is 17.2. The quantitative estimate of drug-likeness (QED) is 0.625. The summed E-state index contributed by atoms with van der Waals surface area (Å²) in [6.45, 7) is 5.58.